The summed E-state index contributed by atoms with van der Waals surface area (Å²) in [6.45, 7) is 12.0. The summed E-state index contributed by atoms with van der Waals surface area (Å²) in [4.78, 5) is 31.1. The Kier molecular flexibility index (Phi) is 55.6. The second-order valence-corrected chi connectivity index (χ2v) is 11.3. The predicted octanol–water partition coefficient (Wildman–Crippen LogP) is 5.49. The molecule has 196 valence electrons. The fraction of sp³-hybridized carbons (Fsp3) is 0.550. The van der Waals surface area contributed by atoms with Crippen molar-refractivity contribution in [3.63, 3.8) is 0 Å². The molecule has 0 spiro atoms. The van der Waals surface area contributed by atoms with Crippen LogP contribution >= 0.6 is 78.0 Å². The fourth-order valence-electron chi connectivity index (χ4n) is 1.03. The van der Waals surface area contributed by atoms with Crippen LogP contribution in [0, 0.1) is 0 Å². The van der Waals surface area contributed by atoms with Crippen molar-refractivity contribution in [2.24, 2.45) is 11.5 Å². The number of nitrogens with two attached hydrogens (primary N) is 2. The average Bonchev–Trinajstić information content (AvgIpc) is 2.79. The number of rotatable bonds is 16. The molecule has 0 aliphatic carbocycles. The van der Waals surface area contributed by atoms with E-state index in [1.165, 1.54) is 12.2 Å². The second kappa shape index (κ2) is 42.4. The van der Waals surface area contributed by atoms with Gasteiger partial charge >= 0.3 is 0 Å². The molecule has 0 heterocycles. The van der Waals surface area contributed by atoms with Gasteiger partial charge in [0.15, 0.2) is 5.78 Å². The van der Waals surface area contributed by atoms with E-state index < -0.39 is 5.24 Å². The van der Waals surface area contributed by atoms with E-state index in [0.29, 0.717) is 13.0 Å². The highest BCUT2D eigenvalue weighted by Gasteiger charge is 1.97. The van der Waals surface area contributed by atoms with Crippen molar-refractivity contribution >= 4 is 94.9 Å². The quantitative estimate of drug-likeness (QED) is 0.0694. The van der Waals surface area contributed by atoms with Crippen molar-refractivity contribution in [2.75, 3.05) is 48.0 Å². The smallest absolute Gasteiger partial charge is 0.244 e. The second-order valence-electron chi connectivity index (χ2n) is 4.74. The molecule has 0 aromatic carbocycles. The lowest BCUT2D eigenvalue weighted by atomic mass is 10.2. The summed E-state index contributed by atoms with van der Waals surface area (Å²) in [5, 5.41) is 2.38. The van der Waals surface area contributed by atoms with Crippen LogP contribution in [0.15, 0.2) is 38.0 Å². The van der Waals surface area contributed by atoms with Gasteiger partial charge in [0.2, 0.25) is 11.1 Å². The van der Waals surface area contributed by atoms with Gasteiger partial charge in [0.25, 0.3) is 0 Å². The number of alkyl halides is 2. The molecule has 0 unspecified atom stereocenters. The van der Waals surface area contributed by atoms with Crippen LogP contribution in [0.4, 0.5) is 0 Å². The van der Waals surface area contributed by atoms with Crippen molar-refractivity contribution in [3.05, 3.63) is 38.0 Å². The van der Waals surface area contributed by atoms with Gasteiger partial charge in [0.05, 0.1) is 5.34 Å². The van der Waals surface area contributed by atoms with E-state index in [9.17, 15) is 14.4 Å². The van der Waals surface area contributed by atoms with Crippen LogP contribution in [0.3, 0.4) is 0 Å². The number of carbonyl (C=O) groups is 3. The highest BCUT2D eigenvalue weighted by molar-refractivity contribution is 8.77. The minimum absolute atomic E-state index is 0. The van der Waals surface area contributed by atoms with Crippen LogP contribution in [-0.2, 0) is 14.4 Å². The van der Waals surface area contributed by atoms with Gasteiger partial charge in [-0.1, -0.05) is 70.3 Å². The third kappa shape index (κ3) is 59.6. The standard InChI is InChI=1S/C11H17NO2S2.C4H12N2S2.C3H3ClO.CH2Cl2.CH4/c1-3-10(13)6-5-8-15-16-9-7-12-11(14)4-2;5-1-3-7-8-4-2-6;1-2-3(4)5;2-1-3;/h3-4H,1-2,5-9H2,(H,12,14);1-6H2;2H,1H2;1H2;1H4. The van der Waals surface area contributed by atoms with E-state index in [4.69, 9.17) is 46.3 Å². The largest absolute Gasteiger partial charge is 0.352 e. The number of allylic oxidation sites excluding steroid dienone is 2. The maximum Gasteiger partial charge on any atom is 0.244 e. The maximum absolute atomic E-state index is 10.9. The molecule has 5 N–H and O–H groups in total. The predicted molar refractivity (Wildman–Crippen MR) is 160 cm³/mol. The zero-order valence-corrected chi connectivity index (χ0v) is 23.6. The van der Waals surface area contributed by atoms with E-state index >= 15 is 0 Å². The summed E-state index contributed by atoms with van der Waals surface area (Å²) in [6.07, 6.45) is 5.12. The Morgan fingerprint density at radius 3 is 1.61 bits per heavy atom. The van der Waals surface area contributed by atoms with Gasteiger partial charge in [-0.2, -0.15) is 0 Å². The van der Waals surface area contributed by atoms with E-state index in [-0.39, 0.29) is 24.5 Å². The minimum Gasteiger partial charge on any atom is -0.352 e. The van der Waals surface area contributed by atoms with Gasteiger partial charge in [0, 0.05) is 49.1 Å². The SMILES string of the molecule is C.C=CC(=O)CCCSSCCNC(=O)C=C.C=CC(=O)Cl.ClCCl.NCCSSCCN. The van der Waals surface area contributed by atoms with Crippen molar-refractivity contribution < 1.29 is 14.4 Å². The minimum atomic E-state index is -0.509. The zero-order valence-electron chi connectivity index (χ0n) is 18.1. The maximum atomic E-state index is 10.9. The van der Waals surface area contributed by atoms with E-state index in [2.05, 4.69) is 25.1 Å². The first kappa shape index (κ1) is 43.3. The molecule has 6 nitrogen and oxygen atoms in total. The van der Waals surface area contributed by atoms with Crippen LogP contribution in [0.5, 0.6) is 0 Å². The molecule has 0 aliphatic heterocycles. The van der Waals surface area contributed by atoms with Crippen LogP contribution in [0.2, 0.25) is 0 Å². The van der Waals surface area contributed by atoms with Gasteiger partial charge < -0.3 is 16.8 Å². The molecule has 0 fully saturated rings. The normalized spacial score (nSPS) is 8.52. The third-order valence-electron chi connectivity index (χ3n) is 2.28. The van der Waals surface area contributed by atoms with E-state index in [0.717, 1.165) is 48.6 Å². The first-order valence-corrected chi connectivity index (χ1v) is 15.6. The number of nitrogens with one attached hydrogen (secondary N) is 1. The molecule has 0 radical (unpaired) electrons. The molecule has 0 aliphatic rings. The first-order chi connectivity index (χ1) is 15.3. The summed E-state index contributed by atoms with van der Waals surface area (Å²) in [5.74, 6) is 3.83. The number of ketones is 1. The van der Waals surface area contributed by atoms with Crippen LogP contribution in [0.25, 0.3) is 0 Å². The molecule has 1 amide bonds. The van der Waals surface area contributed by atoms with Gasteiger partial charge in [0.1, 0.15) is 0 Å². The van der Waals surface area contributed by atoms with Gasteiger partial charge in [-0.15, -0.1) is 23.2 Å². The first-order valence-electron chi connectivity index (χ1n) is 9.19. The number of carbonyl (C=O) groups excluding carboxylic acids is 3. The third-order valence-corrected chi connectivity index (χ3v) is 7.40. The van der Waals surface area contributed by atoms with Crippen molar-refractivity contribution in [1.29, 1.82) is 0 Å². The van der Waals surface area contributed by atoms with Crippen molar-refractivity contribution in [3.8, 4) is 0 Å². The molecule has 0 bridgehead atoms. The van der Waals surface area contributed by atoms with E-state index in [1.807, 2.05) is 0 Å². The van der Waals surface area contributed by atoms with E-state index in [1.54, 1.807) is 43.2 Å². The average molecular weight is 603 g/mol. The molecule has 0 aromatic rings. The number of hydrogen-bond donors (Lipinski definition) is 3. The highest BCUT2D eigenvalue weighted by atomic mass is 35.5. The van der Waals surface area contributed by atoms with Crippen LogP contribution < -0.4 is 16.8 Å². The van der Waals surface area contributed by atoms with Gasteiger partial charge in [-0.25, -0.2) is 0 Å². The lowest BCUT2D eigenvalue weighted by Gasteiger charge is -2.01. The fourth-order valence-corrected chi connectivity index (χ4v) is 4.73. The molecule has 0 atom stereocenters. The molecule has 0 rings (SSSR count). The molecular formula is C20H38Cl3N3O3S4. The van der Waals surface area contributed by atoms with Crippen molar-refractivity contribution in [2.45, 2.75) is 20.3 Å². The van der Waals surface area contributed by atoms with Crippen molar-refractivity contribution in [1.82, 2.24) is 5.32 Å². The topological polar surface area (TPSA) is 115 Å². The number of hydrogen-bond acceptors (Lipinski definition) is 9. The highest BCUT2D eigenvalue weighted by Crippen LogP contribution is 2.21. The summed E-state index contributed by atoms with van der Waals surface area (Å²) in [6, 6.07) is 0. The Bertz CT molecular complexity index is 461. The Morgan fingerprint density at radius 2 is 1.24 bits per heavy atom. The number of amides is 1. The van der Waals surface area contributed by atoms with Crippen LogP contribution in [0.1, 0.15) is 20.3 Å². The lowest BCUT2D eigenvalue weighted by molar-refractivity contribution is -0.116. The van der Waals surface area contributed by atoms with Gasteiger partial charge in [-0.3, -0.25) is 14.4 Å². The van der Waals surface area contributed by atoms with Crippen LogP contribution in [-0.4, -0.2) is 64.9 Å². The molecule has 0 aromatic heterocycles. The Hall–Kier alpha value is 0.220. The Balaban J connectivity index is -0.000000128. The molecule has 33 heavy (non-hydrogen) atoms. The summed E-state index contributed by atoms with van der Waals surface area (Å²) in [7, 11) is 6.99. The summed E-state index contributed by atoms with van der Waals surface area (Å²) < 4.78 is 0. The summed E-state index contributed by atoms with van der Waals surface area (Å²) >= 11 is 14.2. The monoisotopic (exact) mass is 601 g/mol. The Labute approximate surface area is 231 Å². The lowest BCUT2D eigenvalue weighted by Crippen LogP contribution is -2.23. The Morgan fingerprint density at radius 1 is 0.818 bits per heavy atom. The molecule has 0 saturated carbocycles. The zero-order chi connectivity index (χ0) is 25.5. The summed E-state index contributed by atoms with van der Waals surface area (Å²) in [5.41, 5.74) is 10.5. The molecule has 0 saturated heterocycles. The molecule has 13 heteroatoms. The molecular weight excluding hydrogens is 565 g/mol. The van der Waals surface area contributed by atoms with Gasteiger partial charge in [-0.05, 0) is 36.2 Å². The number of halogens is 3.